The van der Waals surface area contributed by atoms with Crippen molar-refractivity contribution < 1.29 is 0 Å². The first-order valence-corrected chi connectivity index (χ1v) is 19.5. The second-order valence-electron chi connectivity index (χ2n) is 14.7. The molecule has 10 aromatic rings. The van der Waals surface area contributed by atoms with E-state index in [4.69, 9.17) is 15.0 Å². The lowest BCUT2D eigenvalue weighted by Crippen LogP contribution is -2.07. The summed E-state index contributed by atoms with van der Waals surface area (Å²) in [6, 6.07) is 62.4. The van der Waals surface area contributed by atoms with Gasteiger partial charge in [0.1, 0.15) is 0 Å². The SMILES string of the molecule is c1ccc(-c2cc(-c3nc(-c4ccccc4)nc(-c4ccccc4)n3)cc(-n3c4c(c5ccc6c(c7ccccc7n6-c6ccccc6)c53)CCCC4)c2)cc1. The molecule has 266 valence electrons. The Labute approximate surface area is 325 Å². The summed E-state index contributed by atoms with van der Waals surface area (Å²) in [6.45, 7) is 0. The van der Waals surface area contributed by atoms with Crippen LogP contribution in [0.2, 0.25) is 0 Å². The number of para-hydroxylation sites is 2. The number of nitrogens with zero attached hydrogens (tertiary/aromatic N) is 5. The van der Waals surface area contributed by atoms with Gasteiger partial charge in [-0.2, -0.15) is 0 Å². The van der Waals surface area contributed by atoms with E-state index in [1.807, 2.05) is 36.4 Å². The molecular formula is C51H37N5. The molecule has 5 heteroatoms. The average Bonchev–Trinajstić information content (AvgIpc) is 3.80. The van der Waals surface area contributed by atoms with Crippen LogP contribution >= 0.6 is 0 Å². The van der Waals surface area contributed by atoms with E-state index in [9.17, 15) is 0 Å². The zero-order chi connectivity index (χ0) is 37.0. The van der Waals surface area contributed by atoms with E-state index >= 15 is 0 Å². The van der Waals surface area contributed by atoms with Gasteiger partial charge in [-0.1, -0.05) is 133 Å². The van der Waals surface area contributed by atoms with E-state index in [0.29, 0.717) is 17.5 Å². The number of benzene rings is 7. The Balaban J connectivity index is 1.23. The van der Waals surface area contributed by atoms with Crippen molar-refractivity contribution >= 4 is 32.7 Å². The first kappa shape index (κ1) is 32.3. The van der Waals surface area contributed by atoms with Crippen LogP contribution in [-0.2, 0) is 12.8 Å². The Hall–Kier alpha value is -7.11. The van der Waals surface area contributed by atoms with E-state index in [0.717, 1.165) is 58.5 Å². The van der Waals surface area contributed by atoms with Gasteiger partial charge in [0.2, 0.25) is 0 Å². The van der Waals surface area contributed by atoms with E-state index in [1.165, 1.54) is 50.4 Å². The minimum atomic E-state index is 0.646. The molecule has 56 heavy (non-hydrogen) atoms. The number of aromatic nitrogens is 5. The number of aryl methyl sites for hydroxylation is 1. The third-order valence-electron chi connectivity index (χ3n) is 11.3. The van der Waals surface area contributed by atoms with Gasteiger partial charge in [0, 0.05) is 49.9 Å². The lowest BCUT2D eigenvalue weighted by molar-refractivity contribution is 0.667. The fourth-order valence-corrected chi connectivity index (χ4v) is 8.82. The summed E-state index contributed by atoms with van der Waals surface area (Å²) in [5, 5.41) is 3.87. The maximum Gasteiger partial charge on any atom is 0.164 e. The van der Waals surface area contributed by atoms with Gasteiger partial charge < -0.3 is 9.13 Å². The van der Waals surface area contributed by atoms with Gasteiger partial charge in [-0.05, 0) is 84.8 Å². The second-order valence-corrected chi connectivity index (χ2v) is 14.7. The minimum Gasteiger partial charge on any atom is -0.313 e. The Morgan fingerprint density at radius 1 is 0.375 bits per heavy atom. The highest BCUT2D eigenvalue weighted by Crippen LogP contribution is 2.44. The molecule has 5 nitrogen and oxygen atoms in total. The van der Waals surface area contributed by atoms with Gasteiger partial charge in [0.25, 0.3) is 0 Å². The largest absolute Gasteiger partial charge is 0.313 e. The highest BCUT2D eigenvalue weighted by molar-refractivity contribution is 6.21. The summed E-state index contributed by atoms with van der Waals surface area (Å²) < 4.78 is 5.01. The van der Waals surface area contributed by atoms with Gasteiger partial charge in [-0.15, -0.1) is 0 Å². The van der Waals surface area contributed by atoms with Crippen LogP contribution in [0.5, 0.6) is 0 Å². The van der Waals surface area contributed by atoms with Gasteiger partial charge in [-0.3, -0.25) is 0 Å². The number of fused-ring (bicyclic) bond motifs is 7. The van der Waals surface area contributed by atoms with Crippen LogP contribution in [0.3, 0.4) is 0 Å². The standard InChI is InChI=1S/C51H37N5/c1-5-17-34(18-6-1)37-31-38(51-53-49(35-19-7-2-8-20-35)52-50(54-51)36-21-9-3-10-22-36)33-40(32-37)56-44-27-15-13-25-41(44)42-29-30-46-47(48(42)56)43-26-14-16-28-45(43)55(46)39-23-11-4-12-24-39/h1-12,14,16-24,26,28-33H,13,15,25,27H2. The normalized spacial score (nSPS) is 12.7. The van der Waals surface area contributed by atoms with E-state index < -0.39 is 0 Å². The molecule has 0 N–H and O–H groups in total. The van der Waals surface area contributed by atoms with E-state index in [-0.39, 0.29) is 0 Å². The summed E-state index contributed by atoms with van der Waals surface area (Å²) in [5.74, 6) is 1.95. The third kappa shape index (κ3) is 5.35. The average molecular weight is 720 g/mol. The zero-order valence-electron chi connectivity index (χ0n) is 30.8. The van der Waals surface area contributed by atoms with Gasteiger partial charge in [-0.25, -0.2) is 15.0 Å². The Bertz CT molecular complexity index is 3000. The molecule has 0 fully saturated rings. The Morgan fingerprint density at radius 2 is 0.929 bits per heavy atom. The lowest BCUT2D eigenvalue weighted by Gasteiger charge is -2.18. The molecule has 3 heterocycles. The van der Waals surface area contributed by atoms with Crippen molar-refractivity contribution in [3.8, 4) is 56.7 Å². The number of hydrogen-bond acceptors (Lipinski definition) is 3. The molecule has 1 aliphatic rings. The summed E-state index contributed by atoms with van der Waals surface area (Å²) in [7, 11) is 0. The van der Waals surface area contributed by atoms with Crippen molar-refractivity contribution in [2.75, 3.05) is 0 Å². The predicted octanol–water partition coefficient (Wildman–Crippen LogP) is 12.5. The molecule has 0 radical (unpaired) electrons. The predicted molar refractivity (Wildman–Crippen MR) is 229 cm³/mol. The van der Waals surface area contributed by atoms with Crippen LogP contribution in [0.4, 0.5) is 0 Å². The first-order chi connectivity index (χ1) is 27.8. The van der Waals surface area contributed by atoms with Gasteiger partial charge >= 0.3 is 0 Å². The first-order valence-electron chi connectivity index (χ1n) is 19.5. The molecule has 0 saturated carbocycles. The highest BCUT2D eigenvalue weighted by atomic mass is 15.0. The smallest absolute Gasteiger partial charge is 0.164 e. The second kappa shape index (κ2) is 13.3. The molecule has 0 atom stereocenters. The van der Waals surface area contributed by atoms with Crippen LogP contribution in [0.1, 0.15) is 24.1 Å². The van der Waals surface area contributed by atoms with Crippen LogP contribution in [0.15, 0.2) is 176 Å². The Morgan fingerprint density at radius 3 is 1.61 bits per heavy atom. The summed E-state index contributed by atoms with van der Waals surface area (Å²) >= 11 is 0. The van der Waals surface area contributed by atoms with Crippen molar-refractivity contribution in [3.05, 3.63) is 187 Å². The topological polar surface area (TPSA) is 48.5 Å². The Kier molecular flexibility index (Phi) is 7.69. The lowest BCUT2D eigenvalue weighted by atomic mass is 9.95. The summed E-state index contributed by atoms with van der Waals surface area (Å²) in [5.41, 5.74) is 13.9. The molecule has 0 unspecified atom stereocenters. The van der Waals surface area contributed by atoms with Gasteiger partial charge in [0.15, 0.2) is 17.5 Å². The molecular weight excluding hydrogens is 683 g/mol. The molecule has 0 bridgehead atoms. The van der Waals surface area contributed by atoms with Gasteiger partial charge in [0.05, 0.1) is 16.6 Å². The highest BCUT2D eigenvalue weighted by Gasteiger charge is 2.26. The maximum atomic E-state index is 5.20. The molecule has 0 amide bonds. The van der Waals surface area contributed by atoms with Crippen LogP contribution in [0.25, 0.3) is 89.4 Å². The molecule has 11 rings (SSSR count). The van der Waals surface area contributed by atoms with E-state index in [2.05, 4.69) is 149 Å². The molecule has 0 aliphatic heterocycles. The van der Waals surface area contributed by atoms with Crippen LogP contribution in [0, 0.1) is 0 Å². The summed E-state index contributed by atoms with van der Waals surface area (Å²) in [6.07, 6.45) is 4.45. The summed E-state index contributed by atoms with van der Waals surface area (Å²) in [4.78, 5) is 15.4. The monoisotopic (exact) mass is 719 g/mol. The van der Waals surface area contributed by atoms with Crippen molar-refractivity contribution in [1.29, 1.82) is 0 Å². The van der Waals surface area contributed by atoms with E-state index in [1.54, 1.807) is 0 Å². The molecule has 1 aliphatic carbocycles. The molecule has 3 aromatic heterocycles. The third-order valence-corrected chi connectivity index (χ3v) is 11.3. The maximum absolute atomic E-state index is 5.20. The minimum absolute atomic E-state index is 0.646. The fraction of sp³-hybridized carbons (Fsp3) is 0.0784. The molecule has 7 aromatic carbocycles. The quantitative estimate of drug-likeness (QED) is 0.172. The van der Waals surface area contributed by atoms with Crippen molar-refractivity contribution in [3.63, 3.8) is 0 Å². The van der Waals surface area contributed by atoms with Crippen LogP contribution in [-0.4, -0.2) is 24.1 Å². The fourth-order valence-electron chi connectivity index (χ4n) is 8.82. The van der Waals surface area contributed by atoms with Crippen molar-refractivity contribution in [2.45, 2.75) is 25.7 Å². The molecule has 0 saturated heterocycles. The zero-order valence-corrected chi connectivity index (χ0v) is 30.8. The van der Waals surface area contributed by atoms with Crippen molar-refractivity contribution in [1.82, 2.24) is 24.1 Å². The van der Waals surface area contributed by atoms with Crippen molar-refractivity contribution in [2.24, 2.45) is 0 Å². The van der Waals surface area contributed by atoms with Crippen LogP contribution < -0.4 is 0 Å². The number of rotatable bonds is 6. The number of hydrogen-bond donors (Lipinski definition) is 0. The molecule has 0 spiro atoms.